The fourth-order valence-corrected chi connectivity index (χ4v) is 6.19. The van der Waals surface area contributed by atoms with E-state index in [0.717, 1.165) is 33.7 Å². The first kappa shape index (κ1) is 22.1. The van der Waals surface area contributed by atoms with Crippen LogP contribution in [0, 0.1) is 17.6 Å². The van der Waals surface area contributed by atoms with Crippen molar-refractivity contribution < 1.29 is 18.3 Å². The third kappa shape index (κ3) is 3.65. The molecule has 176 valence electrons. The second kappa shape index (κ2) is 8.40. The van der Waals surface area contributed by atoms with Gasteiger partial charge in [-0.3, -0.25) is 4.79 Å². The van der Waals surface area contributed by atoms with Crippen LogP contribution in [0.5, 0.6) is 0 Å². The summed E-state index contributed by atoms with van der Waals surface area (Å²) in [4.78, 5) is 16.1. The molecule has 1 unspecified atom stereocenters. The number of rotatable bonds is 4. The highest BCUT2D eigenvalue weighted by molar-refractivity contribution is 9.10. The van der Waals surface area contributed by atoms with Crippen LogP contribution in [-0.2, 0) is 28.3 Å². The van der Waals surface area contributed by atoms with Crippen molar-refractivity contribution in [2.75, 3.05) is 13.1 Å². The molecule has 2 aliphatic heterocycles. The molecule has 7 heteroatoms. The number of amides is 1. The van der Waals surface area contributed by atoms with Gasteiger partial charge in [-0.15, -0.1) is 0 Å². The summed E-state index contributed by atoms with van der Waals surface area (Å²) in [6.07, 6.45) is 2.49. The molecule has 1 aliphatic carbocycles. The molecule has 1 spiro atoms. The Bertz CT molecular complexity index is 1300. The average Bonchev–Trinajstić information content (AvgIpc) is 3.62. The first-order valence-corrected chi connectivity index (χ1v) is 12.6. The Hall–Kier alpha value is -2.35. The van der Waals surface area contributed by atoms with Crippen LogP contribution in [0.15, 0.2) is 53.0 Å². The third-order valence-electron chi connectivity index (χ3n) is 7.49. The lowest BCUT2D eigenvalue weighted by Gasteiger charge is -2.43. The molecule has 1 amide bonds. The van der Waals surface area contributed by atoms with E-state index in [9.17, 15) is 13.6 Å². The molecule has 1 saturated carbocycles. The maximum absolute atomic E-state index is 14.3. The SMILES string of the molecule is O=C([C@H]1CNCCC12OCc1cc(F)c(F)cc12)N(Cc1cc(Br)cc2ccccc12)C1CC1. The highest BCUT2D eigenvalue weighted by Gasteiger charge is 2.53. The minimum Gasteiger partial charge on any atom is -0.365 e. The fourth-order valence-electron chi connectivity index (χ4n) is 5.66. The molecule has 3 aromatic rings. The first-order chi connectivity index (χ1) is 16.5. The van der Waals surface area contributed by atoms with Gasteiger partial charge >= 0.3 is 0 Å². The molecule has 4 nitrogen and oxygen atoms in total. The zero-order valence-electron chi connectivity index (χ0n) is 18.6. The number of piperidine rings is 1. The Morgan fingerprint density at radius 1 is 1.15 bits per heavy atom. The summed E-state index contributed by atoms with van der Waals surface area (Å²) >= 11 is 3.62. The molecule has 0 radical (unpaired) electrons. The van der Waals surface area contributed by atoms with Gasteiger partial charge in [0.15, 0.2) is 11.6 Å². The van der Waals surface area contributed by atoms with Gasteiger partial charge in [0.05, 0.1) is 12.5 Å². The number of halogens is 3. The Morgan fingerprint density at radius 2 is 1.94 bits per heavy atom. The molecule has 2 atom stereocenters. The summed E-state index contributed by atoms with van der Waals surface area (Å²) in [7, 11) is 0. The molecule has 34 heavy (non-hydrogen) atoms. The third-order valence-corrected chi connectivity index (χ3v) is 7.95. The van der Waals surface area contributed by atoms with Crippen LogP contribution in [-0.4, -0.2) is 29.9 Å². The maximum atomic E-state index is 14.3. The van der Waals surface area contributed by atoms with Crippen molar-refractivity contribution in [1.82, 2.24) is 10.2 Å². The second-order valence-corrected chi connectivity index (χ2v) is 10.5. The van der Waals surface area contributed by atoms with E-state index < -0.39 is 23.2 Å². The van der Waals surface area contributed by atoms with Gasteiger partial charge in [0.2, 0.25) is 5.91 Å². The number of carbonyl (C=O) groups excluding carboxylic acids is 1. The number of nitrogens with zero attached hydrogens (tertiary/aromatic N) is 1. The number of hydrogen-bond acceptors (Lipinski definition) is 3. The summed E-state index contributed by atoms with van der Waals surface area (Å²) < 4.78 is 35.4. The number of nitrogens with one attached hydrogen (secondary N) is 1. The van der Waals surface area contributed by atoms with Crippen LogP contribution in [0.1, 0.15) is 36.0 Å². The molecular weight excluding hydrogens is 502 g/mol. The van der Waals surface area contributed by atoms with Crippen LogP contribution in [0.25, 0.3) is 10.8 Å². The van der Waals surface area contributed by atoms with Crippen LogP contribution in [0.3, 0.4) is 0 Å². The van der Waals surface area contributed by atoms with E-state index in [1.54, 1.807) is 0 Å². The van der Waals surface area contributed by atoms with Gasteiger partial charge in [-0.25, -0.2) is 8.78 Å². The monoisotopic (exact) mass is 526 g/mol. The Morgan fingerprint density at radius 3 is 2.76 bits per heavy atom. The van der Waals surface area contributed by atoms with E-state index in [2.05, 4.69) is 45.5 Å². The summed E-state index contributed by atoms with van der Waals surface area (Å²) in [6, 6.07) is 15.0. The molecule has 1 N–H and O–H groups in total. The van der Waals surface area contributed by atoms with Crippen molar-refractivity contribution in [3.8, 4) is 0 Å². The van der Waals surface area contributed by atoms with E-state index in [4.69, 9.17) is 4.74 Å². The van der Waals surface area contributed by atoms with Gasteiger partial charge < -0.3 is 15.0 Å². The molecule has 0 bridgehead atoms. The average molecular weight is 527 g/mol. The van der Waals surface area contributed by atoms with E-state index in [1.807, 2.05) is 17.0 Å². The number of benzene rings is 3. The van der Waals surface area contributed by atoms with Gasteiger partial charge in [0, 0.05) is 23.6 Å². The molecular formula is C27H25BrF2N2O2. The van der Waals surface area contributed by atoms with Gasteiger partial charge in [0.25, 0.3) is 0 Å². The lowest BCUT2D eigenvalue weighted by Crippen LogP contribution is -2.55. The van der Waals surface area contributed by atoms with Gasteiger partial charge in [-0.2, -0.15) is 0 Å². The largest absolute Gasteiger partial charge is 0.365 e. The number of hydrogen-bond donors (Lipinski definition) is 1. The molecule has 2 heterocycles. The normalized spacial score (nSPS) is 23.9. The van der Waals surface area contributed by atoms with Crippen molar-refractivity contribution in [1.29, 1.82) is 0 Å². The van der Waals surface area contributed by atoms with Crippen LogP contribution < -0.4 is 5.32 Å². The zero-order valence-corrected chi connectivity index (χ0v) is 20.2. The lowest BCUT2D eigenvalue weighted by atomic mass is 9.75. The van der Waals surface area contributed by atoms with Crippen LogP contribution >= 0.6 is 15.9 Å². The van der Waals surface area contributed by atoms with Crippen molar-refractivity contribution in [3.63, 3.8) is 0 Å². The van der Waals surface area contributed by atoms with E-state index in [0.29, 0.717) is 37.2 Å². The summed E-state index contributed by atoms with van der Waals surface area (Å²) in [5.74, 6) is -2.27. The van der Waals surface area contributed by atoms with Gasteiger partial charge in [0.1, 0.15) is 5.60 Å². The Kier molecular flexibility index (Phi) is 5.47. The molecule has 0 aromatic heterocycles. The van der Waals surface area contributed by atoms with Crippen LogP contribution in [0.4, 0.5) is 8.78 Å². The van der Waals surface area contributed by atoms with E-state index in [-0.39, 0.29) is 18.6 Å². The van der Waals surface area contributed by atoms with Crippen molar-refractivity contribution in [3.05, 3.63) is 81.3 Å². The quantitative estimate of drug-likeness (QED) is 0.494. The molecule has 2 fully saturated rings. The molecule has 1 saturated heterocycles. The molecule has 3 aromatic carbocycles. The number of fused-ring (bicyclic) bond motifs is 3. The highest BCUT2D eigenvalue weighted by atomic mass is 79.9. The Labute approximate surface area is 205 Å². The fraction of sp³-hybridized carbons (Fsp3) is 0.370. The maximum Gasteiger partial charge on any atom is 0.230 e. The minimum atomic E-state index is -0.932. The Balaban J connectivity index is 1.38. The summed E-state index contributed by atoms with van der Waals surface area (Å²) in [5.41, 5.74) is 1.41. The van der Waals surface area contributed by atoms with Crippen molar-refractivity contribution in [2.45, 2.75) is 44.1 Å². The lowest BCUT2D eigenvalue weighted by molar-refractivity contribution is -0.157. The van der Waals surface area contributed by atoms with E-state index >= 15 is 0 Å². The highest BCUT2D eigenvalue weighted by Crippen LogP contribution is 2.48. The van der Waals surface area contributed by atoms with Gasteiger partial charge in [-0.05, 0) is 77.5 Å². The van der Waals surface area contributed by atoms with Gasteiger partial charge in [-0.1, -0.05) is 40.2 Å². The molecule has 6 rings (SSSR count). The predicted molar refractivity (Wildman–Crippen MR) is 129 cm³/mol. The first-order valence-electron chi connectivity index (χ1n) is 11.8. The standard InChI is InChI=1S/C27H25BrF2N2O2/c28-19-9-16-3-1-2-4-21(16)17(10-19)14-32(20-5-6-20)26(33)23-13-31-8-7-27(23)22-12-25(30)24(29)11-18(22)15-34-27/h1-4,9-12,20,23,31H,5-8,13-15H2/t23-,27?/m1/s1. The summed E-state index contributed by atoms with van der Waals surface area (Å²) in [5, 5.41) is 5.59. The zero-order chi connectivity index (χ0) is 23.4. The van der Waals surface area contributed by atoms with E-state index in [1.165, 1.54) is 12.1 Å². The molecule has 3 aliphatic rings. The predicted octanol–water partition coefficient (Wildman–Crippen LogP) is 5.41. The minimum absolute atomic E-state index is 0.0105. The second-order valence-electron chi connectivity index (χ2n) is 9.59. The van der Waals surface area contributed by atoms with Crippen molar-refractivity contribution in [2.24, 2.45) is 5.92 Å². The number of carbonyl (C=O) groups is 1. The topological polar surface area (TPSA) is 41.6 Å². The smallest absolute Gasteiger partial charge is 0.230 e. The summed E-state index contributed by atoms with van der Waals surface area (Å²) in [6.45, 7) is 1.79. The number of ether oxygens (including phenoxy) is 1. The van der Waals surface area contributed by atoms with Crippen LogP contribution in [0.2, 0.25) is 0 Å². The van der Waals surface area contributed by atoms with Crippen molar-refractivity contribution >= 4 is 32.6 Å².